The van der Waals surface area contributed by atoms with Crippen LogP contribution in [0, 0.1) is 6.57 Å². The van der Waals surface area contributed by atoms with Crippen molar-refractivity contribution >= 4 is 17.1 Å². The van der Waals surface area contributed by atoms with Crippen LogP contribution in [0.25, 0.3) is 4.85 Å². The molecule has 0 amide bonds. The molecule has 0 saturated carbocycles. The van der Waals surface area contributed by atoms with Crippen LogP contribution < -0.4 is 15.4 Å². The van der Waals surface area contributed by atoms with Gasteiger partial charge in [-0.05, 0) is 12.1 Å². The summed E-state index contributed by atoms with van der Waals surface area (Å²) in [4.78, 5) is 5.64. The molecule has 17 heavy (non-hydrogen) atoms. The Morgan fingerprint density at radius 2 is 2.12 bits per heavy atom. The number of benzene rings is 1. The molecule has 0 atom stereocenters. The highest BCUT2D eigenvalue weighted by atomic mass is 16.5. The van der Waals surface area contributed by atoms with E-state index in [2.05, 4.69) is 9.74 Å². The van der Waals surface area contributed by atoms with Crippen molar-refractivity contribution in [2.75, 3.05) is 44.0 Å². The van der Waals surface area contributed by atoms with Crippen molar-refractivity contribution in [2.24, 2.45) is 0 Å². The lowest BCUT2D eigenvalue weighted by molar-refractivity contribution is 0.123. The molecule has 1 fully saturated rings. The van der Waals surface area contributed by atoms with E-state index in [1.807, 2.05) is 6.07 Å². The predicted molar refractivity (Wildman–Crippen MR) is 66.7 cm³/mol. The molecule has 2 rings (SSSR count). The van der Waals surface area contributed by atoms with Crippen molar-refractivity contribution in [3.05, 3.63) is 23.5 Å². The Balaban J connectivity index is 2.40. The lowest BCUT2D eigenvalue weighted by Gasteiger charge is -2.30. The lowest BCUT2D eigenvalue weighted by atomic mass is 10.2. The average Bonchev–Trinajstić information content (AvgIpc) is 2.39. The largest absolute Gasteiger partial charge is 0.495 e. The fourth-order valence-electron chi connectivity index (χ4n) is 1.90. The van der Waals surface area contributed by atoms with Crippen LogP contribution in [0.5, 0.6) is 5.75 Å². The standard InChI is InChI=1S/C12H15N3O2/c1-14-10-7-9(13)12(16-2)8-11(10)15-3-5-17-6-4-15/h7-8H,3-6,13H2,2H3. The molecule has 1 aromatic carbocycles. The van der Waals surface area contributed by atoms with Gasteiger partial charge >= 0.3 is 0 Å². The minimum Gasteiger partial charge on any atom is -0.495 e. The first-order valence-corrected chi connectivity index (χ1v) is 5.44. The highest BCUT2D eigenvalue weighted by Crippen LogP contribution is 2.37. The van der Waals surface area contributed by atoms with E-state index >= 15 is 0 Å². The van der Waals surface area contributed by atoms with Crippen molar-refractivity contribution in [3.8, 4) is 5.75 Å². The van der Waals surface area contributed by atoms with Gasteiger partial charge < -0.3 is 20.1 Å². The van der Waals surface area contributed by atoms with Gasteiger partial charge in [0.05, 0.1) is 32.6 Å². The lowest BCUT2D eigenvalue weighted by Crippen LogP contribution is -2.36. The Morgan fingerprint density at radius 3 is 2.71 bits per heavy atom. The fourth-order valence-corrected chi connectivity index (χ4v) is 1.90. The quantitative estimate of drug-likeness (QED) is 0.623. The molecule has 0 spiro atoms. The molecular formula is C12H15N3O2. The number of hydrogen-bond donors (Lipinski definition) is 1. The van der Waals surface area contributed by atoms with E-state index < -0.39 is 0 Å². The third-order valence-electron chi connectivity index (χ3n) is 2.80. The maximum absolute atomic E-state index is 7.20. The number of rotatable bonds is 2. The highest BCUT2D eigenvalue weighted by Gasteiger charge is 2.17. The minimum atomic E-state index is 0.496. The van der Waals surface area contributed by atoms with E-state index in [9.17, 15) is 0 Å². The molecule has 1 heterocycles. The summed E-state index contributed by atoms with van der Waals surface area (Å²) in [5, 5.41) is 0. The molecule has 90 valence electrons. The first-order valence-electron chi connectivity index (χ1n) is 5.44. The highest BCUT2D eigenvalue weighted by molar-refractivity contribution is 5.79. The number of anilines is 2. The first-order chi connectivity index (χ1) is 8.26. The molecule has 5 heteroatoms. The van der Waals surface area contributed by atoms with E-state index in [1.165, 1.54) is 0 Å². The van der Waals surface area contributed by atoms with Gasteiger partial charge in [0.2, 0.25) is 5.69 Å². The van der Waals surface area contributed by atoms with Crippen molar-refractivity contribution in [1.29, 1.82) is 0 Å². The Bertz CT molecular complexity index is 448. The minimum absolute atomic E-state index is 0.496. The summed E-state index contributed by atoms with van der Waals surface area (Å²) < 4.78 is 10.5. The fraction of sp³-hybridized carbons (Fsp3) is 0.417. The SMILES string of the molecule is [C-]#[N+]c1cc(N)c(OC)cc1N1CCOCC1. The molecule has 1 aromatic rings. The topological polar surface area (TPSA) is 52.1 Å². The number of ether oxygens (including phenoxy) is 2. The Hall–Kier alpha value is -1.93. The summed E-state index contributed by atoms with van der Waals surface area (Å²) in [6.07, 6.45) is 0. The maximum atomic E-state index is 7.20. The maximum Gasteiger partial charge on any atom is 0.212 e. The third kappa shape index (κ3) is 2.27. The molecule has 5 nitrogen and oxygen atoms in total. The predicted octanol–water partition coefficient (Wildman–Crippen LogP) is 1.66. The van der Waals surface area contributed by atoms with Crippen molar-refractivity contribution in [3.63, 3.8) is 0 Å². The Morgan fingerprint density at radius 1 is 1.41 bits per heavy atom. The Labute approximate surface area is 101 Å². The molecule has 1 aliphatic heterocycles. The molecular weight excluding hydrogens is 218 g/mol. The van der Waals surface area contributed by atoms with Gasteiger partial charge in [-0.15, -0.1) is 0 Å². The zero-order chi connectivity index (χ0) is 12.3. The van der Waals surface area contributed by atoms with Crippen molar-refractivity contribution in [2.45, 2.75) is 0 Å². The molecule has 0 aliphatic carbocycles. The summed E-state index contributed by atoms with van der Waals surface area (Å²) in [7, 11) is 1.58. The summed E-state index contributed by atoms with van der Waals surface area (Å²) in [5.74, 6) is 0.610. The van der Waals surface area contributed by atoms with Crippen molar-refractivity contribution in [1.82, 2.24) is 0 Å². The molecule has 1 aliphatic rings. The summed E-state index contributed by atoms with van der Waals surface area (Å²) in [5.41, 5.74) is 7.72. The molecule has 0 aromatic heterocycles. The number of methoxy groups -OCH3 is 1. The van der Waals surface area contributed by atoms with Crippen LogP contribution in [-0.4, -0.2) is 33.4 Å². The van der Waals surface area contributed by atoms with Gasteiger partial charge in [0.15, 0.2) is 0 Å². The summed E-state index contributed by atoms with van der Waals surface area (Å²) in [6.45, 7) is 10.1. The van der Waals surface area contributed by atoms with Crippen LogP contribution in [0.2, 0.25) is 0 Å². The van der Waals surface area contributed by atoms with Gasteiger partial charge in [0, 0.05) is 18.8 Å². The van der Waals surface area contributed by atoms with Crippen molar-refractivity contribution < 1.29 is 9.47 Å². The zero-order valence-electron chi connectivity index (χ0n) is 9.77. The smallest absolute Gasteiger partial charge is 0.212 e. The van der Waals surface area contributed by atoms with E-state index in [0.29, 0.717) is 30.3 Å². The van der Waals surface area contributed by atoms with Gasteiger partial charge in [-0.1, -0.05) is 0 Å². The molecule has 1 saturated heterocycles. The van der Waals surface area contributed by atoms with E-state index in [4.69, 9.17) is 21.8 Å². The second-order valence-electron chi connectivity index (χ2n) is 3.79. The Kier molecular flexibility index (Phi) is 3.35. The van der Waals surface area contributed by atoms with Crippen LogP contribution in [0.1, 0.15) is 0 Å². The monoisotopic (exact) mass is 233 g/mol. The number of nitrogens with zero attached hydrogens (tertiary/aromatic N) is 2. The van der Waals surface area contributed by atoms with Crippen LogP contribution >= 0.6 is 0 Å². The average molecular weight is 233 g/mol. The number of hydrogen-bond acceptors (Lipinski definition) is 4. The molecule has 0 radical (unpaired) electrons. The van der Waals surface area contributed by atoms with Gasteiger partial charge in [0.25, 0.3) is 0 Å². The van der Waals surface area contributed by atoms with Gasteiger partial charge in [-0.2, -0.15) is 0 Å². The first kappa shape index (κ1) is 11.6. The van der Waals surface area contributed by atoms with E-state index in [0.717, 1.165) is 18.8 Å². The van der Waals surface area contributed by atoms with Gasteiger partial charge in [0.1, 0.15) is 5.75 Å². The van der Waals surface area contributed by atoms with Crippen LogP contribution in [-0.2, 0) is 4.74 Å². The third-order valence-corrected chi connectivity index (χ3v) is 2.80. The number of nitrogens with two attached hydrogens (primary N) is 1. The molecule has 2 N–H and O–H groups in total. The zero-order valence-corrected chi connectivity index (χ0v) is 9.77. The van der Waals surface area contributed by atoms with Gasteiger partial charge in [-0.3, -0.25) is 0 Å². The second kappa shape index (κ2) is 4.93. The van der Waals surface area contributed by atoms with Gasteiger partial charge in [-0.25, -0.2) is 4.85 Å². The van der Waals surface area contributed by atoms with Crippen LogP contribution in [0.3, 0.4) is 0 Å². The van der Waals surface area contributed by atoms with Crippen LogP contribution in [0.4, 0.5) is 17.1 Å². The number of morpholine rings is 1. The normalized spacial score (nSPS) is 15.4. The number of nitrogen functional groups attached to an aromatic ring is 1. The summed E-state index contributed by atoms with van der Waals surface area (Å²) in [6, 6.07) is 3.49. The van der Waals surface area contributed by atoms with Crippen LogP contribution in [0.15, 0.2) is 12.1 Å². The van der Waals surface area contributed by atoms with E-state index in [-0.39, 0.29) is 0 Å². The summed E-state index contributed by atoms with van der Waals surface area (Å²) >= 11 is 0. The molecule has 0 bridgehead atoms. The molecule has 0 unspecified atom stereocenters. The van der Waals surface area contributed by atoms with E-state index in [1.54, 1.807) is 13.2 Å². The second-order valence-corrected chi connectivity index (χ2v) is 3.79.